The van der Waals surface area contributed by atoms with Crippen molar-refractivity contribution >= 4 is 11.6 Å². The summed E-state index contributed by atoms with van der Waals surface area (Å²) in [6.45, 7) is 5.20. The van der Waals surface area contributed by atoms with Crippen LogP contribution in [-0.4, -0.2) is 34.4 Å². The minimum atomic E-state index is -0.172. The average molecular weight is 452 g/mol. The molecule has 33 heavy (non-hydrogen) atoms. The Kier molecular flexibility index (Phi) is 6.06. The summed E-state index contributed by atoms with van der Waals surface area (Å²) in [6.07, 6.45) is 14.5. The van der Waals surface area contributed by atoms with Crippen molar-refractivity contribution in [2.45, 2.75) is 77.9 Å². The van der Waals surface area contributed by atoms with Crippen molar-refractivity contribution in [2.24, 2.45) is 33.7 Å². The van der Waals surface area contributed by atoms with Crippen LogP contribution in [0.2, 0.25) is 0 Å². The molecule has 0 saturated heterocycles. The van der Waals surface area contributed by atoms with E-state index in [0.717, 1.165) is 49.3 Å². The van der Waals surface area contributed by atoms with Crippen LogP contribution in [0.25, 0.3) is 0 Å². The van der Waals surface area contributed by atoms with Gasteiger partial charge in [0.25, 0.3) is 5.91 Å². The number of rotatable bonds is 5. The first-order chi connectivity index (χ1) is 15.9. The van der Waals surface area contributed by atoms with Crippen LogP contribution in [0.5, 0.6) is 0 Å². The minimum absolute atomic E-state index is 0.0671. The van der Waals surface area contributed by atoms with Gasteiger partial charge in [-0.2, -0.15) is 0 Å². The molecule has 6 atom stereocenters. The van der Waals surface area contributed by atoms with Crippen LogP contribution >= 0.6 is 0 Å². The monoisotopic (exact) mass is 451 g/mol. The number of fused-ring (bicyclic) bond motifs is 5. The number of oxime groups is 1. The standard InChI is InChI=1S/C27H37N3O3/c1-26-11-7-20(30-33-17-25(32)29-16-18-9-13-28-14-10-18)15-19(26)3-4-21-22-5-6-24(31)27(22,2)12-8-23(21)26/h9-10,13-15,21-24,31H,3-8,11-12,16-17H2,1-2H3,(H,29,32)/b30-20-/t21?,22?,23?,24?,26-,27-/m0/s1. The largest absolute Gasteiger partial charge is 0.393 e. The number of hydrogen-bond acceptors (Lipinski definition) is 5. The van der Waals surface area contributed by atoms with E-state index >= 15 is 0 Å². The zero-order valence-electron chi connectivity index (χ0n) is 19.9. The lowest BCUT2D eigenvalue weighted by Crippen LogP contribution is -2.51. The van der Waals surface area contributed by atoms with E-state index in [1.165, 1.54) is 24.8 Å². The number of carbonyl (C=O) groups is 1. The first-order valence-corrected chi connectivity index (χ1v) is 12.6. The molecule has 178 valence electrons. The van der Waals surface area contributed by atoms with Crippen molar-refractivity contribution < 1.29 is 14.7 Å². The summed E-state index contributed by atoms with van der Waals surface area (Å²) in [4.78, 5) is 21.5. The highest BCUT2D eigenvalue weighted by Crippen LogP contribution is 2.65. The summed E-state index contributed by atoms with van der Waals surface area (Å²) in [5.74, 6) is 1.95. The third-order valence-electron chi connectivity index (χ3n) is 9.54. The van der Waals surface area contributed by atoms with Crippen molar-refractivity contribution in [2.75, 3.05) is 6.61 Å². The first kappa shape index (κ1) is 22.6. The fourth-order valence-electron chi connectivity index (χ4n) is 7.54. The van der Waals surface area contributed by atoms with Crippen molar-refractivity contribution in [3.8, 4) is 0 Å². The Balaban J connectivity index is 1.19. The lowest BCUT2D eigenvalue weighted by Gasteiger charge is -2.57. The van der Waals surface area contributed by atoms with Gasteiger partial charge in [0.1, 0.15) is 0 Å². The number of aliphatic hydroxyl groups excluding tert-OH is 1. The zero-order valence-corrected chi connectivity index (χ0v) is 19.9. The molecule has 4 unspecified atom stereocenters. The number of aromatic nitrogens is 1. The number of aliphatic hydroxyl groups is 1. The molecule has 4 aliphatic carbocycles. The molecule has 0 bridgehead atoms. The molecular formula is C27H37N3O3. The molecule has 1 aromatic heterocycles. The summed E-state index contributed by atoms with van der Waals surface area (Å²) < 4.78 is 0. The fraction of sp³-hybridized carbons (Fsp3) is 0.667. The fourth-order valence-corrected chi connectivity index (χ4v) is 7.54. The zero-order chi connectivity index (χ0) is 23.1. The van der Waals surface area contributed by atoms with Crippen LogP contribution in [0.1, 0.15) is 70.8 Å². The average Bonchev–Trinajstić information content (AvgIpc) is 3.13. The predicted molar refractivity (Wildman–Crippen MR) is 127 cm³/mol. The predicted octanol–water partition coefficient (Wildman–Crippen LogP) is 4.39. The van der Waals surface area contributed by atoms with Gasteiger partial charge in [-0.25, -0.2) is 0 Å². The number of nitrogens with zero attached hydrogens (tertiary/aromatic N) is 2. The van der Waals surface area contributed by atoms with E-state index in [-0.39, 0.29) is 29.4 Å². The molecule has 0 aliphatic heterocycles. The van der Waals surface area contributed by atoms with Gasteiger partial charge in [0, 0.05) is 18.9 Å². The van der Waals surface area contributed by atoms with Crippen LogP contribution in [0, 0.1) is 28.6 Å². The molecule has 0 aromatic carbocycles. The second-order valence-corrected chi connectivity index (χ2v) is 11.1. The maximum atomic E-state index is 12.1. The Morgan fingerprint density at radius 2 is 1.97 bits per heavy atom. The summed E-state index contributed by atoms with van der Waals surface area (Å²) in [7, 11) is 0. The second-order valence-electron chi connectivity index (χ2n) is 11.1. The molecule has 1 amide bonds. The van der Waals surface area contributed by atoms with Crippen LogP contribution in [-0.2, 0) is 16.2 Å². The van der Waals surface area contributed by atoms with E-state index < -0.39 is 0 Å². The Labute approximate surface area is 196 Å². The Bertz CT molecular complexity index is 945. The van der Waals surface area contributed by atoms with Crippen LogP contribution < -0.4 is 5.32 Å². The summed E-state index contributed by atoms with van der Waals surface area (Å²) in [5, 5.41) is 17.8. The second kappa shape index (κ2) is 8.86. The Hall–Kier alpha value is -2.21. The van der Waals surface area contributed by atoms with Crippen LogP contribution in [0.4, 0.5) is 0 Å². The van der Waals surface area contributed by atoms with Crippen molar-refractivity contribution in [1.29, 1.82) is 0 Å². The highest BCUT2D eigenvalue weighted by molar-refractivity contribution is 5.96. The molecule has 5 rings (SSSR count). The normalized spacial score (nSPS) is 38.6. The molecule has 0 radical (unpaired) electrons. The lowest BCUT2D eigenvalue weighted by molar-refractivity contribution is -0.125. The Morgan fingerprint density at radius 3 is 2.79 bits per heavy atom. The smallest absolute Gasteiger partial charge is 0.261 e. The van der Waals surface area contributed by atoms with E-state index in [1.807, 2.05) is 12.1 Å². The van der Waals surface area contributed by atoms with E-state index in [9.17, 15) is 9.90 Å². The molecular weight excluding hydrogens is 414 g/mol. The van der Waals surface area contributed by atoms with E-state index in [2.05, 4.69) is 35.4 Å². The molecule has 3 saturated carbocycles. The Morgan fingerprint density at radius 1 is 1.15 bits per heavy atom. The van der Waals surface area contributed by atoms with Gasteiger partial charge in [-0.05, 0) is 104 Å². The number of nitrogens with one attached hydrogen (secondary N) is 1. The third-order valence-corrected chi connectivity index (χ3v) is 9.54. The highest BCUT2D eigenvalue weighted by Gasteiger charge is 2.58. The maximum Gasteiger partial charge on any atom is 0.261 e. The van der Waals surface area contributed by atoms with E-state index in [0.29, 0.717) is 18.4 Å². The van der Waals surface area contributed by atoms with Gasteiger partial charge in [-0.1, -0.05) is 24.6 Å². The molecule has 6 heteroatoms. The molecule has 6 nitrogen and oxygen atoms in total. The van der Waals surface area contributed by atoms with Crippen LogP contribution in [0.3, 0.4) is 0 Å². The van der Waals surface area contributed by atoms with E-state index in [4.69, 9.17) is 4.84 Å². The SMILES string of the molecule is C[C@]12CCC3C(CCC4=C/C(=N\OCC(=O)NCc5ccncc5)CC[C@@]43C)C1CCC2O. The van der Waals surface area contributed by atoms with Crippen LogP contribution in [0.15, 0.2) is 41.3 Å². The maximum absolute atomic E-state index is 12.1. The highest BCUT2D eigenvalue weighted by atomic mass is 16.6. The minimum Gasteiger partial charge on any atom is -0.393 e. The number of pyridine rings is 1. The molecule has 3 fully saturated rings. The number of allylic oxidation sites excluding steroid dienone is 2. The molecule has 1 heterocycles. The summed E-state index contributed by atoms with van der Waals surface area (Å²) in [5.41, 5.74) is 3.85. The van der Waals surface area contributed by atoms with Gasteiger partial charge in [0.05, 0.1) is 11.8 Å². The van der Waals surface area contributed by atoms with Crippen molar-refractivity contribution in [3.63, 3.8) is 0 Å². The topological polar surface area (TPSA) is 83.8 Å². The first-order valence-electron chi connectivity index (χ1n) is 12.6. The summed E-state index contributed by atoms with van der Waals surface area (Å²) in [6, 6.07) is 3.76. The summed E-state index contributed by atoms with van der Waals surface area (Å²) >= 11 is 0. The molecule has 4 aliphatic rings. The van der Waals surface area contributed by atoms with E-state index in [1.54, 1.807) is 12.4 Å². The van der Waals surface area contributed by atoms with Crippen molar-refractivity contribution in [3.05, 3.63) is 41.7 Å². The van der Waals surface area contributed by atoms with Crippen molar-refractivity contribution in [1.82, 2.24) is 10.3 Å². The molecule has 2 N–H and O–H groups in total. The molecule has 1 aromatic rings. The number of hydrogen-bond donors (Lipinski definition) is 2. The number of carbonyl (C=O) groups excluding carboxylic acids is 1. The quantitative estimate of drug-likeness (QED) is 0.650. The third kappa shape index (κ3) is 4.11. The number of amides is 1. The van der Waals surface area contributed by atoms with Gasteiger partial charge in [0.2, 0.25) is 0 Å². The lowest BCUT2D eigenvalue weighted by atomic mass is 9.47. The van der Waals surface area contributed by atoms with Gasteiger partial charge in [-0.15, -0.1) is 0 Å². The van der Waals surface area contributed by atoms with Gasteiger partial charge >= 0.3 is 0 Å². The van der Waals surface area contributed by atoms with Gasteiger partial charge in [-0.3, -0.25) is 9.78 Å². The van der Waals surface area contributed by atoms with Gasteiger partial charge < -0.3 is 15.3 Å². The molecule has 0 spiro atoms. The van der Waals surface area contributed by atoms with Gasteiger partial charge in [0.15, 0.2) is 6.61 Å².